The number of aromatic nitrogens is 1. The van der Waals surface area contributed by atoms with Gasteiger partial charge in [-0.15, -0.1) is 0 Å². The molecule has 3 aromatic rings. The number of methoxy groups -OCH3 is 1. The van der Waals surface area contributed by atoms with Gasteiger partial charge in [0.2, 0.25) is 11.8 Å². The first-order valence-electron chi connectivity index (χ1n) is 8.77. The summed E-state index contributed by atoms with van der Waals surface area (Å²) >= 11 is 1.08. The highest BCUT2D eigenvalue weighted by Gasteiger charge is 2.30. The maximum Gasteiger partial charge on any atom is 0.274 e. The van der Waals surface area contributed by atoms with E-state index in [1.165, 1.54) is 43.5 Å². The van der Waals surface area contributed by atoms with Gasteiger partial charge in [-0.3, -0.25) is 34.7 Å². The van der Waals surface area contributed by atoms with Crippen LogP contribution < -0.4 is 15.0 Å². The lowest BCUT2D eigenvalue weighted by Crippen LogP contribution is -2.28. The largest absolute Gasteiger partial charge is 0.494 e. The van der Waals surface area contributed by atoms with Crippen LogP contribution in [0.2, 0.25) is 0 Å². The number of benzene rings is 2. The predicted octanol–water partition coefficient (Wildman–Crippen LogP) is 3.12. The Hall–Kier alpha value is -3.86. The lowest BCUT2D eigenvalue weighted by Gasteiger charge is -2.13. The number of thiazole rings is 1. The van der Waals surface area contributed by atoms with Crippen LogP contribution in [-0.2, 0) is 9.59 Å². The van der Waals surface area contributed by atoms with Crippen LogP contribution >= 0.6 is 11.3 Å². The SMILES string of the molecule is COc1cc([N+](=O)[O-])cc2sc(NC(=O)c3ccc(N4C(=O)CCC4=O)cc3)nc12. The van der Waals surface area contributed by atoms with Crippen LogP contribution in [0.4, 0.5) is 16.5 Å². The maximum absolute atomic E-state index is 12.6. The summed E-state index contributed by atoms with van der Waals surface area (Å²) in [5, 5.41) is 14.0. The van der Waals surface area contributed by atoms with Crippen LogP contribution in [0.1, 0.15) is 23.2 Å². The second-order valence-electron chi connectivity index (χ2n) is 6.39. The molecule has 0 atom stereocenters. The zero-order chi connectivity index (χ0) is 21.4. The van der Waals surface area contributed by atoms with Crippen LogP contribution in [0.3, 0.4) is 0 Å². The quantitative estimate of drug-likeness (QED) is 0.377. The molecule has 3 amide bonds. The summed E-state index contributed by atoms with van der Waals surface area (Å²) in [7, 11) is 1.38. The van der Waals surface area contributed by atoms with Gasteiger partial charge in [0.25, 0.3) is 11.6 Å². The second-order valence-corrected chi connectivity index (χ2v) is 7.43. The first kappa shape index (κ1) is 19.5. The van der Waals surface area contributed by atoms with Crippen molar-refractivity contribution in [3.63, 3.8) is 0 Å². The van der Waals surface area contributed by atoms with Gasteiger partial charge >= 0.3 is 0 Å². The number of rotatable bonds is 5. The molecule has 0 spiro atoms. The number of carbonyl (C=O) groups is 3. The molecule has 2 heterocycles. The van der Waals surface area contributed by atoms with Crippen molar-refractivity contribution in [2.45, 2.75) is 12.8 Å². The number of imide groups is 1. The molecule has 10 nitrogen and oxygen atoms in total. The molecular weight excluding hydrogens is 412 g/mol. The lowest BCUT2D eigenvalue weighted by atomic mass is 10.2. The number of anilines is 2. The molecule has 1 fully saturated rings. The van der Waals surface area contributed by atoms with Gasteiger partial charge in [-0.25, -0.2) is 4.98 Å². The van der Waals surface area contributed by atoms with E-state index in [2.05, 4.69) is 10.3 Å². The minimum absolute atomic E-state index is 0.137. The van der Waals surface area contributed by atoms with Gasteiger partial charge in [-0.2, -0.15) is 0 Å². The highest BCUT2D eigenvalue weighted by atomic mass is 32.1. The van der Waals surface area contributed by atoms with E-state index < -0.39 is 10.8 Å². The smallest absolute Gasteiger partial charge is 0.274 e. The third-order valence-electron chi connectivity index (χ3n) is 4.54. The number of nitrogens with one attached hydrogen (secondary N) is 1. The number of hydrogen-bond donors (Lipinski definition) is 1. The Bertz CT molecular complexity index is 1190. The van der Waals surface area contributed by atoms with E-state index in [0.717, 1.165) is 16.2 Å². The first-order chi connectivity index (χ1) is 14.4. The van der Waals surface area contributed by atoms with Crippen molar-refractivity contribution >= 4 is 55.8 Å². The standard InChI is InChI=1S/C19H14N4O6S/c1-29-13-8-12(23(27)28)9-14-17(13)20-19(30-14)21-18(26)10-2-4-11(5-3-10)22-15(24)6-7-16(22)25/h2-5,8-9H,6-7H2,1H3,(H,20,21,26). The molecule has 0 saturated carbocycles. The fourth-order valence-corrected chi connectivity index (χ4v) is 4.01. The van der Waals surface area contributed by atoms with Crippen molar-refractivity contribution in [1.82, 2.24) is 4.98 Å². The van der Waals surface area contributed by atoms with Crippen molar-refractivity contribution in [3.8, 4) is 5.75 Å². The van der Waals surface area contributed by atoms with Gasteiger partial charge in [-0.05, 0) is 24.3 Å². The highest BCUT2D eigenvalue weighted by Crippen LogP contribution is 2.36. The Morgan fingerprint density at radius 2 is 1.87 bits per heavy atom. The number of amides is 3. The maximum atomic E-state index is 12.6. The third-order valence-corrected chi connectivity index (χ3v) is 5.45. The molecule has 1 aliphatic rings. The monoisotopic (exact) mass is 426 g/mol. The van der Waals surface area contributed by atoms with Gasteiger partial charge in [-0.1, -0.05) is 11.3 Å². The van der Waals surface area contributed by atoms with E-state index in [9.17, 15) is 24.5 Å². The van der Waals surface area contributed by atoms with Crippen molar-refractivity contribution < 1.29 is 24.0 Å². The zero-order valence-electron chi connectivity index (χ0n) is 15.6. The Kier molecular flexibility index (Phi) is 4.88. The van der Waals surface area contributed by atoms with Crippen molar-refractivity contribution in [1.29, 1.82) is 0 Å². The van der Waals surface area contributed by atoms with Crippen LogP contribution in [0, 0.1) is 10.1 Å². The Morgan fingerprint density at radius 3 is 2.47 bits per heavy atom. The minimum Gasteiger partial charge on any atom is -0.494 e. The number of fused-ring (bicyclic) bond motifs is 1. The van der Waals surface area contributed by atoms with Crippen molar-refractivity contribution in [2.75, 3.05) is 17.3 Å². The molecule has 1 aromatic heterocycles. The molecule has 0 unspecified atom stereocenters. The molecule has 4 rings (SSSR count). The molecule has 0 radical (unpaired) electrons. The van der Waals surface area contributed by atoms with Gasteiger partial charge in [0.15, 0.2) is 10.9 Å². The number of carbonyl (C=O) groups excluding carboxylic acids is 3. The van der Waals surface area contributed by atoms with Crippen LogP contribution in [0.25, 0.3) is 10.2 Å². The molecule has 30 heavy (non-hydrogen) atoms. The van der Waals surface area contributed by atoms with E-state index in [1.807, 2.05) is 0 Å². The van der Waals surface area contributed by atoms with Gasteiger partial charge < -0.3 is 4.74 Å². The van der Waals surface area contributed by atoms with E-state index in [0.29, 0.717) is 21.5 Å². The molecule has 0 aliphatic carbocycles. The number of nitrogens with zero attached hydrogens (tertiary/aromatic N) is 3. The normalized spacial score (nSPS) is 13.7. The molecular formula is C19H14N4O6S. The molecule has 152 valence electrons. The highest BCUT2D eigenvalue weighted by molar-refractivity contribution is 7.22. The molecule has 11 heteroatoms. The first-order valence-corrected chi connectivity index (χ1v) is 9.59. The number of non-ortho nitro benzene ring substituents is 1. The Labute approximate surface area is 173 Å². The fourth-order valence-electron chi connectivity index (χ4n) is 3.10. The molecule has 1 aliphatic heterocycles. The number of hydrogen-bond acceptors (Lipinski definition) is 8. The predicted molar refractivity (Wildman–Crippen MR) is 109 cm³/mol. The summed E-state index contributed by atoms with van der Waals surface area (Å²) in [6, 6.07) is 8.70. The van der Waals surface area contributed by atoms with Crippen molar-refractivity contribution in [2.24, 2.45) is 0 Å². The van der Waals surface area contributed by atoms with Crippen LogP contribution in [0.5, 0.6) is 5.75 Å². The average Bonchev–Trinajstić information content (AvgIpc) is 3.29. The summed E-state index contributed by atoms with van der Waals surface area (Å²) in [5.74, 6) is -0.752. The summed E-state index contributed by atoms with van der Waals surface area (Å²) < 4.78 is 5.67. The van der Waals surface area contributed by atoms with Gasteiger partial charge in [0.05, 0.1) is 28.5 Å². The van der Waals surface area contributed by atoms with Crippen LogP contribution in [0.15, 0.2) is 36.4 Å². The zero-order valence-corrected chi connectivity index (χ0v) is 16.4. The number of nitro benzene ring substituents is 1. The summed E-state index contributed by atoms with van der Waals surface area (Å²) in [6.07, 6.45) is 0.362. The number of ether oxygens (including phenoxy) is 1. The summed E-state index contributed by atoms with van der Waals surface area (Å²) in [5.41, 5.74) is 0.985. The molecule has 2 aromatic carbocycles. The Morgan fingerprint density at radius 1 is 1.20 bits per heavy atom. The molecule has 1 N–H and O–H groups in total. The third kappa shape index (κ3) is 3.46. The number of nitro groups is 1. The van der Waals surface area contributed by atoms with E-state index in [-0.39, 0.29) is 41.2 Å². The van der Waals surface area contributed by atoms with Gasteiger partial charge in [0, 0.05) is 24.5 Å². The van der Waals surface area contributed by atoms with E-state index in [4.69, 9.17) is 4.74 Å². The van der Waals surface area contributed by atoms with E-state index in [1.54, 1.807) is 0 Å². The van der Waals surface area contributed by atoms with Crippen molar-refractivity contribution in [3.05, 3.63) is 52.1 Å². The summed E-state index contributed by atoms with van der Waals surface area (Å²) in [6.45, 7) is 0. The minimum atomic E-state index is -0.530. The molecule has 1 saturated heterocycles. The van der Waals surface area contributed by atoms with Crippen LogP contribution in [-0.4, -0.2) is 34.7 Å². The average molecular weight is 426 g/mol. The van der Waals surface area contributed by atoms with E-state index >= 15 is 0 Å². The lowest BCUT2D eigenvalue weighted by molar-refractivity contribution is -0.384. The molecule has 0 bridgehead atoms. The Balaban J connectivity index is 1.56. The van der Waals surface area contributed by atoms with Gasteiger partial charge in [0.1, 0.15) is 5.52 Å². The topological polar surface area (TPSA) is 132 Å². The fraction of sp³-hybridized carbons (Fsp3) is 0.158. The summed E-state index contributed by atoms with van der Waals surface area (Å²) in [4.78, 5) is 52.1. The second kappa shape index (κ2) is 7.52.